The lowest BCUT2D eigenvalue weighted by atomic mass is 10.0. The van der Waals surface area contributed by atoms with Gasteiger partial charge in [-0.1, -0.05) is 39.1 Å². The minimum atomic E-state index is -0.466. The van der Waals surface area contributed by atoms with Crippen LogP contribution in [0.5, 0.6) is 5.75 Å². The Morgan fingerprint density at radius 3 is 2.62 bits per heavy atom. The fraction of sp³-hybridized carbons (Fsp3) is 0.211. The van der Waals surface area contributed by atoms with E-state index in [-0.39, 0.29) is 16.3 Å². The number of nitrogens with one attached hydrogen (secondary N) is 1. The molecule has 1 aliphatic carbocycles. The van der Waals surface area contributed by atoms with Gasteiger partial charge in [-0.2, -0.15) is 0 Å². The molecule has 2 N–H and O–H groups in total. The summed E-state index contributed by atoms with van der Waals surface area (Å²) in [4.78, 5) is 11.9. The minimum absolute atomic E-state index is 0.116. The third-order valence-corrected chi connectivity index (χ3v) is 5.66. The molecule has 0 unspecified atom stereocenters. The van der Waals surface area contributed by atoms with Crippen LogP contribution in [0, 0.1) is 0 Å². The minimum Gasteiger partial charge on any atom is -0.506 e. The zero-order valence-electron chi connectivity index (χ0n) is 13.5. The molecule has 26 heavy (non-hydrogen) atoms. The number of benzene rings is 2. The highest BCUT2D eigenvalue weighted by Crippen LogP contribution is 2.47. The van der Waals surface area contributed by atoms with Crippen molar-refractivity contribution < 1.29 is 9.52 Å². The number of fused-ring (bicyclic) bond motifs is 1. The average Bonchev–Trinajstić information content (AvgIpc) is 3.35. The number of phenolic OH excluding ortho intramolecular Hbond substituents is 1. The van der Waals surface area contributed by atoms with Gasteiger partial charge in [-0.05, 0) is 48.2 Å². The number of rotatable bonds is 4. The molecule has 7 heteroatoms. The molecule has 3 aromatic rings. The molecule has 4 rings (SSSR count). The number of halogens is 3. The lowest BCUT2D eigenvalue weighted by Gasteiger charge is -2.19. The van der Waals surface area contributed by atoms with Gasteiger partial charge < -0.3 is 14.8 Å². The van der Waals surface area contributed by atoms with Gasteiger partial charge in [0, 0.05) is 39.1 Å². The van der Waals surface area contributed by atoms with E-state index in [2.05, 4.69) is 27.3 Å². The Morgan fingerprint density at radius 2 is 1.92 bits per heavy atom. The van der Waals surface area contributed by atoms with Gasteiger partial charge in [0.2, 0.25) is 0 Å². The summed E-state index contributed by atoms with van der Waals surface area (Å²) >= 11 is 15.7. The van der Waals surface area contributed by atoms with Crippen molar-refractivity contribution in [1.29, 1.82) is 0 Å². The second-order valence-electron chi connectivity index (χ2n) is 6.48. The summed E-state index contributed by atoms with van der Waals surface area (Å²) in [6.45, 7) is 0.466. The molecule has 0 aliphatic heterocycles. The van der Waals surface area contributed by atoms with Gasteiger partial charge in [0.1, 0.15) is 11.3 Å². The van der Waals surface area contributed by atoms with Crippen LogP contribution < -0.4 is 10.9 Å². The summed E-state index contributed by atoms with van der Waals surface area (Å²) in [5, 5.41) is 14.9. The Balaban J connectivity index is 1.68. The van der Waals surface area contributed by atoms with Crippen LogP contribution >= 0.6 is 39.1 Å². The normalized spacial score (nSPS) is 15.3. The third kappa shape index (κ3) is 3.37. The first-order valence-electron chi connectivity index (χ1n) is 8.03. The first-order chi connectivity index (χ1) is 12.4. The van der Waals surface area contributed by atoms with Crippen molar-refractivity contribution in [2.45, 2.75) is 24.9 Å². The van der Waals surface area contributed by atoms with Gasteiger partial charge in [-0.3, -0.25) is 0 Å². The SMILES string of the molecule is O=c1cc(CNC2(c3cc(Cl)cc(Br)c3)CC2)c2cc(Cl)c(O)cc2o1. The van der Waals surface area contributed by atoms with E-state index in [1.54, 1.807) is 6.07 Å². The van der Waals surface area contributed by atoms with E-state index in [1.807, 2.05) is 12.1 Å². The Bertz CT molecular complexity index is 1060. The summed E-state index contributed by atoms with van der Waals surface area (Å²) in [7, 11) is 0. The smallest absolute Gasteiger partial charge is 0.336 e. The van der Waals surface area contributed by atoms with E-state index in [0.717, 1.165) is 28.4 Å². The molecule has 0 amide bonds. The van der Waals surface area contributed by atoms with Gasteiger partial charge >= 0.3 is 5.63 Å². The molecule has 0 saturated heterocycles. The Hall–Kier alpha value is -1.53. The van der Waals surface area contributed by atoms with Crippen molar-refractivity contribution in [3.8, 4) is 5.75 Å². The van der Waals surface area contributed by atoms with Crippen molar-refractivity contribution >= 4 is 50.1 Å². The van der Waals surface area contributed by atoms with Crippen LogP contribution in [0.4, 0.5) is 0 Å². The summed E-state index contributed by atoms with van der Waals surface area (Å²) in [5.41, 5.74) is 1.57. The van der Waals surface area contributed by atoms with Gasteiger partial charge in [0.05, 0.1) is 5.02 Å². The van der Waals surface area contributed by atoms with Crippen LogP contribution in [-0.4, -0.2) is 5.11 Å². The molecule has 0 spiro atoms. The first kappa shape index (κ1) is 17.9. The highest BCUT2D eigenvalue weighted by Gasteiger charge is 2.44. The van der Waals surface area contributed by atoms with Gasteiger partial charge in [0.15, 0.2) is 0 Å². The fourth-order valence-corrected chi connectivity index (χ4v) is 4.19. The summed E-state index contributed by atoms with van der Waals surface area (Å²) in [5.74, 6) is -0.116. The lowest BCUT2D eigenvalue weighted by Crippen LogP contribution is -2.28. The molecule has 0 atom stereocenters. The van der Waals surface area contributed by atoms with Crippen molar-refractivity contribution in [1.82, 2.24) is 5.32 Å². The highest BCUT2D eigenvalue weighted by atomic mass is 79.9. The largest absolute Gasteiger partial charge is 0.506 e. The van der Waals surface area contributed by atoms with Crippen molar-refractivity contribution in [2.24, 2.45) is 0 Å². The van der Waals surface area contributed by atoms with Crippen molar-refractivity contribution in [3.05, 3.63) is 72.5 Å². The molecule has 1 heterocycles. The highest BCUT2D eigenvalue weighted by molar-refractivity contribution is 9.10. The van der Waals surface area contributed by atoms with Crippen molar-refractivity contribution in [3.63, 3.8) is 0 Å². The first-order valence-corrected chi connectivity index (χ1v) is 9.58. The number of hydrogen-bond donors (Lipinski definition) is 2. The zero-order valence-corrected chi connectivity index (χ0v) is 16.6. The maximum absolute atomic E-state index is 11.9. The van der Waals surface area contributed by atoms with Crippen LogP contribution in [0.2, 0.25) is 10.0 Å². The maximum Gasteiger partial charge on any atom is 0.336 e. The molecule has 1 aliphatic rings. The van der Waals surface area contributed by atoms with E-state index < -0.39 is 5.63 Å². The standard InChI is InChI=1S/C19H14BrCl2NO3/c20-12-4-11(5-13(21)6-12)19(1-2-19)23-9-10-3-18(25)26-17-8-16(24)15(22)7-14(10)17/h3-8,23-24H,1-2,9H2. The molecule has 134 valence electrons. The Kier molecular flexibility index (Phi) is 4.51. The van der Waals surface area contributed by atoms with Crippen molar-refractivity contribution in [2.75, 3.05) is 0 Å². The second-order valence-corrected chi connectivity index (χ2v) is 8.24. The quantitative estimate of drug-likeness (QED) is 0.522. The van der Waals surface area contributed by atoms with Gasteiger partial charge in [0.25, 0.3) is 0 Å². The molecule has 1 aromatic heterocycles. The van der Waals surface area contributed by atoms with Crippen LogP contribution in [0.1, 0.15) is 24.0 Å². The predicted octanol–water partition coefficient (Wildman–Crippen LogP) is 5.35. The van der Waals surface area contributed by atoms with E-state index in [9.17, 15) is 9.90 Å². The fourth-order valence-electron chi connectivity index (χ4n) is 3.17. The number of phenols is 1. The third-order valence-electron chi connectivity index (χ3n) is 4.68. The van der Waals surface area contributed by atoms with E-state index in [0.29, 0.717) is 22.5 Å². The zero-order chi connectivity index (χ0) is 18.5. The van der Waals surface area contributed by atoms with E-state index >= 15 is 0 Å². The predicted molar refractivity (Wildman–Crippen MR) is 106 cm³/mol. The molecule has 2 aromatic carbocycles. The Labute approximate surface area is 167 Å². The lowest BCUT2D eigenvalue weighted by molar-refractivity contribution is 0.473. The number of hydrogen-bond acceptors (Lipinski definition) is 4. The van der Waals surface area contributed by atoms with Crippen LogP contribution in [0.25, 0.3) is 11.0 Å². The monoisotopic (exact) mass is 453 g/mol. The Morgan fingerprint density at radius 1 is 1.15 bits per heavy atom. The van der Waals surface area contributed by atoms with E-state index in [1.165, 1.54) is 12.1 Å². The molecule has 1 fully saturated rings. The summed E-state index contributed by atoms with van der Waals surface area (Å²) < 4.78 is 6.11. The second kappa shape index (κ2) is 6.57. The molecule has 4 nitrogen and oxygen atoms in total. The molecular weight excluding hydrogens is 441 g/mol. The average molecular weight is 455 g/mol. The molecule has 0 radical (unpaired) electrons. The molecule has 1 saturated carbocycles. The molecular formula is C19H14BrCl2NO3. The van der Waals surface area contributed by atoms with Gasteiger partial charge in [-0.25, -0.2) is 4.79 Å². The molecule has 0 bridgehead atoms. The van der Waals surface area contributed by atoms with E-state index in [4.69, 9.17) is 27.6 Å². The summed E-state index contributed by atoms with van der Waals surface area (Å²) in [6, 6.07) is 10.3. The maximum atomic E-state index is 11.9. The summed E-state index contributed by atoms with van der Waals surface area (Å²) in [6.07, 6.45) is 1.97. The van der Waals surface area contributed by atoms with Crippen LogP contribution in [0.15, 0.2) is 50.1 Å². The topological polar surface area (TPSA) is 62.5 Å². The van der Waals surface area contributed by atoms with Gasteiger partial charge in [-0.15, -0.1) is 0 Å². The number of aromatic hydroxyl groups is 1. The van der Waals surface area contributed by atoms with Crippen LogP contribution in [0.3, 0.4) is 0 Å². The van der Waals surface area contributed by atoms with Crippen LogP contribution in [-0.2, 0) is 12.1 Å².